The Labute approximate surface area is 118 Å². The number of rotatable bonds is 3. The molecule has 0 aliphatic carbocycles. The van der Waals surface area contributed by atoms with E-state index in [0.717, 1.165) is 18.7 Å². The first-order valence-corrected chi connectivity index (χ1v) is 6.83. The van der Waals surface area contributed by atoms with Crippen molar-refractivity contribution >= 4 is 17.3 Å². The lowest BCUT2D eigenvalue weighted by Crippen LogP contribution is -2.26. The third-order valence-corrected chi connectivity index (χ3v) is 3.93. The zero-order chi connectivity index (χ0) is 13.2. The number of anilines is 1. The van der Waals surface area contributed by atoms with E-state index >= 15 is 0 Å². The fraction of sp³-hybridized carbons (Fsp3) is 0.250. The highest BCUT2D eigenvalue weighted by molar-refractivity contribution is 6.22. The van der Waals surface area contributed by atoms with Gasteiger partial charge < -0.3 is 9.64 Å². The fourth-order valence-electron chi connectivity index (χ4n) is 2.52. The molecule has 1 aliphatic rings. The second kappa shape index (κ2) is 5.14. The van der Waals surface area contributed by atoms with E-state index in [1.807, 2.05) is 12.1 Å². The van der Waals surface area contributed by atoms with Gasteiger partial charge in [0.25, 0.3) is 0 Å². The Morgan fingerprint density at radius 2 is 1.89 bits per heavy atom. The maximum atomic E-state index is 6.45. The van der Waals surface area contributed by atoms with Crippen LogP contribution in [0.5, 0.6) is 5.75 Å². The van der Waals surface area contributed by atoms with Crippen molar-refractivity contribution in [1.29, 1.82) is 0 Å². The highest BCUT2D eigenvalue weighted by atomic mass is 35.5. The van der Waals surface area contributed by atoms with Gasteiger partial charge in [-0.1, -0.05) is 41.9 Å². The Balaban J connectivity index is 1.82. The van der Waals surface area contributed by atoms with E-state index in [9.17, 15) is 0 Å². The molecule has 1 aliphatic heterocycles. The molecule has 0 amide bonds. The zero-order valence-corrected chi connectivity index (χ0v) is 11.6. The molecular formula is C16H16ClNO. The molecule has 1 unspecified atom stereocenters. The quantitative estimate of drug-likeness (QED) is 0.623. The van der Waals surface area contributed by atoms with Crippen LogP contribution in [0.25, 0.3) is 0 Å². The van der Waals surface area contributed by atoms with Crippen molar-refractivity contribution < 1.29 is 4.74 Å². The topological polar surface area (TPSA) is 12.5 Å². The number of para-hydroxylation sites is 1. The first-order chi connectivity index (χ1) is 9.28. The summed E-state index contributed by atoms with van der Waals surface area (Å²) in [7, 11) is 1.68. The maximum Gasteiger partial charge on any atom is 0.118 e. The summed E-state index contributed by atoms with van der Waals surface area (Å²) in [5.41, 5.74) is 3.86. The Hall–Kier alpha value is -1.67. The summed E-state index contributed by atoms with van der Waals surface area (Å²) in [6.07, 6.45) is 0.911. The third kappa shape index (κ3) is 2.41. The van der Waals surface area contributed by atoms with Gasteiger partial charge in [0.05, 0.1) is 7.11 Å². The van der Waals surface area contributed by atoms with E-state index in [1.165, 1.54) is 16.8 Å². The molecule has 2 nitrogen and oxygen atoms in total. The van der Waals surface area contributed by atoms with Crippen LogP contribution in [-0.4, -0.2) is 12.6 Å². The lowest BCUT2D eigenvalue weighted by atomic mass is 10.1. The number of alkyl halides is 1. The average molecular weight is 274 g/mol. The number of nitrogens with zero attached hydrogens (tertiary/aromatic N) is 1. The van der Waals surface area contributed by atoms with Gasteiger partial charge in [-0.25, -0.2) is 0 Å². The number of methoxy groups -OCH3 is 1. The second-order valence-electron chi connectivity index (χ2n) is 4.74. The van der Waals surface area contributed by atoms with Crippen molar-refractivity contribution in [2.75, 3.05) is 12.0 Å². The summed E-state index contributed by atoms with van der Waals surface area (Å²) in [6, 6.07) is 16.6. The van der Waals surface area contributed by atoms with Crippen LogP contribution in [-0.2, 0) is 13.0 Å². The summed E-state index contributed by atoms with van der Waals surface area (Å²) in [6.45, 7) is 0.829. The molecule has 3 rings (SSSR count). The van der Waals surface area contributed by atoms with Crippen LogP contribution in [0.2, 0.25) is 0 Å². The van der Waals surface area contributed by atoms with Gasteiger partial charge in [-0.2, -0.15) is 0 Å². The zero-order valence-electron chi connectivity index (χ0n) is 10.8. The van der Waals surface area contributed by atoms with Crippen molar-refractivity contribution in [3.8, 4) is 5.75 Å². The monoisotopic (exact) mass is 273 g/mol. The van der Waals surface area contributed by atoms with Crippen LogP contribution in [0.3, 0.4) is 0 Å². The lowest BCUT2D eigenvalue weighted by molar-refractivity contribution is 0.414. The van der Waals surface area contributed by atoms with Crippen LogP contribution in [0.15, 0.2) is 48.5 Å². The highest BCUT2D eigenvalue weighted by Gasteiger charge is 2.26. The van der Waals surface area contributed by atoms with Gasteiger partial charge >= 0.3 is 0 Å². The van der Waals surface area contributed by atoms with E-state index in [0.29, 0.717) is 0 Å². The number of hydrogen-bond donors (Lipinski definition) is 0. The molecule has 0 fully saturated rings. The number of halogens is 1. The minimum atomic E-state index is 0.0412. The first kappa shape index (κ1) is 12.4. The second-order valence-corrected chi connectivity index (χ2v) is 5.25. The van der Waals surface area contributed by atoms with Gasteiger partial charge in [0, 0.05) is 18.7 Å². The molecule has 0 saturated heterocycles. The van der Waals surface area contributed by atoms with Gasteiger partial charge in [0.1, 0.15) is 11.3 Å². The van der Waals surface area contributed by atoms with Crippen molar-refractivity contribution in [2.24, 2.45) is 0 Å². The molecule has 0 bridgehead atoms. The third-order valence-electron chi connectivity index (χ3n) is 3.54. The summed E-state index contributed by atoms with van der Waals surface area (Å²) in [5.74, 6) is 0.882. The molecule has 2 aromatic rings. The van der Waals surface area contributed by atoms with Crippen LogP contribution in [0.4, 0.5) is 5.69 Å². The van der Waals surface area contributed by atoms with E-state index in [4.69, 9.17) is 16.3 Å². The molecule has 0 spiro atoms. The molecule has 0 N–H and O–H groups in total. The molecule has 98 valence electrons. The summed E-state index contributed by atoms with van der Waals surface area (Å²) in [5, 5.41) is 0. The number of benzene rings is 2. The molecular weight excluding hydrogens is 258 g/mol. The number of ether oxygens (including phenoxy) is 1. The lowest BCUT2D eigenvalue weighted by Gasteiger charge is -2.23. The molecule has 3 heteroatoms. The molecule has 1 atom stereocenters. The Morgan fingerprint density at radius 1 is 1.16 bits per heavy atom. The average Bonchev–Trinajstić information content (AvgIpc) is 2.76. The molecule has 0 radical (unpaired) electrons. The van der Waals surface area contributed by atoms with Gasteiger partial charge in [-0.15, -0.1) is 0 Å². The van der Waals surface area contributed by atoms with Crippen LogP contribution >= 0.6 is 11.6 Å². The van der Waals surface area contributed by atoms with Gasteiger partial charge in [-0.05, 0) is 29.3 Å². The largest absolute Gasteiger partial charge is 0.497 e. The Bertz CT molecular complexity index is 567. The standard InChI is InChI=1S/C16H16ClNO/c1-19-14-8-6-12(7-9-14)11-18-15-5-3-2-4-13(15)10-16(18)17/h2-9,16H,10-11H2,1H3. The normalized spacial score (nSPS) is 17.4. The van der Waals surface area contributed by atoms with Crippen LogP contribution < -0.4 is 9.64 Å². The van der Waals surface area contributed by atoms with E-state index < -0.39 is 0 Å². The van der Waals surface area contributed by atoms with Gasteiger partial charge in [-0.3, -0.25) is 0 Å². The Morgan fingerprint density at radius 3 is 2.63 bits per heavy atom. The minimum absolute atomic E-state index is 0.0412. The molecule has 0 aromatic heterocycles. The van der Waals surface area contributed by atoms with Gasteiger partial charge in [0.15, 0.2) is 0 Å². The molecule has 1 heterocycles. The highest BCUT2D eigenvalue weighted by Crippen LogP contribution is 2.34. The number of hydrogen-bond acceptors (Lipinski definition) is 2. The Kier molecular flexibility index (Phi) is 3.34. The van der Waals surface area contributed by atoms with E-state index in [1.54, 1.807) is 7.11 Å². The smallest absolute Gasteiger partial charge is 0.118 e. The minimum Gasteiger partial charge on any atom is -0.497 e. The van der Waals surface area contributed by atoms with Crippen molar-refractivity contribution in [3.05, 3.63) is 59.7 Å². The van der Waals surface area contributed by atoms with Gasteiger partial charge in [0.2, 0.25) is 0 Å². The van der Waals surface area contributed by atoms with Crippen molar-refractivity contribution in [2.45, 2.75) is 18.5 Å². The summed E-state index contributed by atoms with van der Waals surface area (Å²) < 4.78 is 5.18. The van der Waals surface area contributed by atoms with E-state index in [2.05, 4.69) is 41.3 Å². The molecule has 19 heavy (non-hydrogen) atoms. The maximum absolute atomic E-state index is 6.45. The molecule has 0 saturated carbocycles. The predicted molar refractivity (Wildman–Crippen MR) is 79.0 cm³/mol. The summed E-state index contributed by atoms with van der Waals surface area (Å²) >= 11 is 6.45. The van der Waals surface area contributed by atoms with Crippen molar-refractivity contribution in [3.63, 3.8) is 0 Å². The summed E-state index contributed by atoms with van der Waals surface area (Å²) in [4.78, 5) is 2.25. The number of fused-ring (bicyclic) bond motifs is 1. The van der Waals surface area contributed by atoms with Crippen LogP contribution in [0.1, 0.15) is 11.1 Å². The predicted octanol–water partition coefficient (Wildman–Crippen LogP) is 3.82. The van der Waals surface area contributed by atoms with Crippen LogP contribution in [0, 0.1) is 0 Å². The molecule has 2 aromatic carbocycles. The fourth-order valence-corrected chi connectivity index (χ4v) is 2.86. The van der Waals surface area contributed by atoms with E-state index in [-0.39, 0.29) is 5.50 Å². The van der Waals surface area contributed by atoms with Crippen molar-refractivity contribution in [1.82, 2.24) is 0 Å². The SMILES string of the molecule is COc1ccc(CN2c3ccccc3CC2Cl)cc1. The first-order valence-electron chi connectivity index (χ1n) is 6.39.